The van der Waals surface area contributed by atoms with E-state index in [1.807, 2.05) is 34.6 Å². The number of hydrogen-bond donors (Lipinski definition) is 0. The van der Waals surface area contributed by atoms with Crippen molar-refractivity contribution < 1.29 is 22.7 Å². The van der Waals surface area contributed by atoms with Gasteiger partial charge < -0.3 is 18.7 Å². The number of rotatable bonds is 4. The maximum atomic E-state index is 14.5. The highest BCUT2D eigenvalue weighted by atomic mass is 32.2. The number of ether oxygens (including phenoxy) is 1. The van der Waals surface area contributed by atoms with Gasteiger partial charge >= 0.3 is 5.25 Å². The first-order chi connectivity index (χ1) is 16.2. The van der Waals surface area contributed by atoms with Gasteiger partial charge in [-0.1, -0.05) is 30.3 Å². The summed E-state index contributed by atoms with van der Waals surface area (Å²) < 4.78 is 49.6. The fraction of sp³-hybridized carbons (Fsp3) is 0.500. The quantitative estimate of drug-likeness (QED) is 0.414. The molecule has 182 valence electrons. The molecule has 2 aromatic carbocycles. The summed E-state index contributed by atoms with van der Waals surface area (Å²) in [5.74, 6) is -0.314. The summed E-state index contributed by atoms with van der Waals surface area (Å²) in [6, 6.07) is 12.7. The van der Waals surface area contributed by atoms with Crippen molar-refractivity contribution in [3.8, 4) is 11.1 Å². The molecule has 0 aromatic heterocycles. The number of halogens is 3. The lowest BCUT2D eigenvalue weighted by Crippen LogP contribution is -2.50. The minimum absolute atomic E-state index is 0.0220. The van der Waals surface area contributed by atoms with Crippen LogP contribution in [0.15, 0.2) is 42.5 Å². The molecule has 0 bridgehead atoms. The van der Waals surface area contributed by atoms with Gasteiger partial charge in [-0.25, -0.2) is 4.39 Å². The zero-order valence-corrected chi connectivity index (χ0v) is 20.2. The maximum Gasteiger partial charge on any atom is 0.309 e. The third-order valence-electron chi connectivity index (χ3n) is 7.30. The van der Waals surface area contributed by atoms with Crippen molar-refractivity contribution >= 4 is 23.9 Å². The molecule has 0 amide bonds. The number of carbonyl (C=O) groups is 1. The first-order valence-corrected chi connectivity index (χ1v) is 12.5. The van der Waals surface area contributed by atoms with Crippen molar-refractivity contribution in [1.29, 1.82) is 0 Å². The van der Waals surface area contributed by atoms with Crippen LogP contribution in [0.4, 0.5) is 18.9 Å². The molecule has 34 heavy (non-hydrogen) atoms. The Bertz CT molecular complexity index is 1050. The van der Waals surface area contributed by atoms with Gasteiger partial charge in [0.05, 0.1) is 18.3 Å². The highest BCUT2D eigenvalue weighted by Crippen LogP contribution is 2.62. The lowest BCUT2D eigenvalue weighted by Gasteiger charge is -2.44. The third-order valence-corrected chi connectivity index (χ3v) is 8.23. The van der Waals surface area contributed by atoms with Gasteiger partial charge in [-0.2, -0.15) is 8.78 Å². The fourth-order valence-electron chi connectivity index (χ4n) is 5.55. The van der Waals surface area contributed by atoms with E-state index >= 15 is 0 Å². The summed E-state index contributed by atoms with van der Waals surface area (Å²) in [6.07, 6.45) is 4.53. The number of alkyl halides is 2. The first-order valence-electron chi connectivity index (χ1n) is 11.7. The Kier molecular flexibility index (Phi) is 6.19. The Morgan fingerprint density at radius 1 is 1.21 bits per heavy atom. The summed E-state index contributed by atoms with van der Waals surface area (Å²) in [5, 5.41) is -2.90. The number of benzene rings is 2. The van der Waals surface area contributed by atoms with E-state index in [9.17, 15) is 18.0 Å². The summed E-state index contributed by atoms with van der Waals surface area (Å²) in [6.45, 7) is 2.64. The maximum absolute atomic E-state index is 14.5. The van der Waals surface area contributed by atoms with Gasteiger partial charge in [0, 0.05) is 48.9 Å². The number of likely N-dealkylation sites (tertiary alicyclic amines) is 1. The van der Waals surface area contributed by atoms with Gasteiger partial charge in [-0.15, -0.1) is 0 Å². The van der Waals surface area contributed by atoms with E-state index in [4.69, 9.17) is 4.74 Å². The second-order valence-electron chi connectivity index (χ2n) is 9.88. The molecule has 3 atom stereocenters. The molecule has 8 heteroatoms. The Morgan fingerprint density at radius 3 is 2.44 bits per heavy atom. The third kappa shape index (κ3) is 4.48. The van der Waals surface area contributed by atoms with Crippen molar-refractivity contribution in [2.75, 3.05) is 24.5 Å². The molecular formula is C26H29F3N2O2S. The molecule has 2 saturated heterocycles. The van der Waals surface area contributed by atoms with Gasteiger partial charge in [-0.05, 0) is 49.6 Å². The number of anilines is 1. The summed E-state index contributed by atoms with van der Waals surface area (Å²) in [4.78, 5) is 11.9. The van der Waals surface area contributed by atoms with Gasteiger partial charge in [0.2, 0.25) is 0 Å². The summed E-state index contributed by atoms with van der Waals surface area (Å²) in [5.41, 5.74) is 3.23. The average molecular weight is 491 g/mol. The number of carbonyl (C=O) groups excluding carboxylic acids is 1. The Balaban J connectivity index is 0.000000351. The van der Waals surface area contributed by atoms with Gasteiger partial charge in [0.15, 0.2) is 0 Å². The number of likely N-dealkylation sites (N-methyl/N-ethyl adjacent to an activating group) is 1. The van der Waals surface area contributed by atoms with E-state index in [0.717, 1.165) is 62.4 Å². The van der Waals surface area contributed by atoms with E-state index in [0.29, 0.717) is 23.9 Å². The molecule has 3 heterocycles. The SMILES string of the molecule is CN1CC2(CC2)C2C1Cc1cc(F)cc(-c3ccccc3)c1N2SC(C)(F)F.O=CC1CCO1. The second-order valence-corrected chi connectivity index (χ2v) is 11.2. The molecule has 1 saturated carbocycles. The van der Waals surface area contributed by atoms with Crippen LogP contribution in [0.1, 0.15) is 31.7 Å². The van der Waals surface area contributed by atoms with Crippen molar-refractivity contribution in [2.24, 2.45) is 5.41 Å². The van der Waals surface area contributed by atoms with Crippen LogP contribution in [0.2, 0.25) is 0 Å². The van der Waals surface area contributed by atoms with E-state index in [1.165, 1.54) is 12.1 Å². The van der Waals surface area contributed by atoms with Crippen LogP contribution < -0.4 is 4.31 Å². The van der Waals surface area contributed by atoms with Crippen molar-refractivity contribution in [3.05, 3.63) is 53.8 Å². The standard InChI is InChI=1S/C22H23F3N2S.C4H6O2/c1-21(24,25)28-27-19-15(11-18-20(27)22(8-9-22)13-26(18)2)10-16(23)12-17(19)14-6-4-3-5-7-14;5-3-4-1-2-6-4/h3-7,10,12,18,20H,8-9,11,13H2,1-2H3;3-4H,1-2H2. The molecule has 6 rings (SSSR count). The molecule has 2 aromatic rings. The Labute approximate surface area is 202 Å². The minimum atomic E-state index is -2.90. The summed E-state index contributed by atoms with van der Waals surface area (Å²) in [7, 11) is 2.07. The van der Waals surface area contributed by atoms with Crippen molar-refractivity contribution in [3.63, 3.8) is 0 Å². The predicted octanol–water partition coefficient (Wildman–Crippen LogP) is 5.55. The second kappa shape index (κ2) is 8.88. The van der Waals surface area contributed by atoms with Crippen LogP contribution in [0, 0.1) is 11.2 Å². The van der Waals surface area contributed by atoms with Crippen molar-refractivity contribution in [2.45, 2.75) is 56.0 Å². The fourth-order valence-corrected chi connectivity index (χ4v) is 6.68. The molecule has 0 N–H and O–H groups in total. The highest BCUT2D eigenvalue weighted by molar-refractivity contribution is 8.01. The molecular weight excluding hydrogens is 461 g/mol. The molecule has 1 spiro atoms. The highest BCUT2D eigenvalue weighted by Gasteiger charge is 2.63. The first kappa shape index (κ1) is 23.7. The van der Waals surface area contributed by atoms with Crippen LogP contribution in [-0.2, 0) is 16.0 Å². The zero-order valence-electron chi connectivity index (χ0n) is 19.3. The molecule has 3 aliphatic heterocycles. The van der Waals surface area contributed by atoms with Crippen LogP contribution >= 0.6 is 11.9 Å². The molecule has 3 fully saturated rings. The normalized spacial score (nSPS) is 26.7. The van der Waals surface area contributed by atoms with E-state index < -0.39 is 5.25 Å². The number of nitrogens with zero attached hydrogens (tertiary/aromatic N) is 2. The van der Waals surface area contributed by atoms with Crippen LogP contribution in [0.5, 0.6) is 0 Å². The van der Waals surface area contributed by atoms with Crippen LogP contribution in [0.3, 0.4) is 0 Å². The molecule has 4 nitrogen and oxygen atoms in total. The Hall–Kier alpha value is -2.03. The average Bonchev–Trinajstić information content (AvgIpc) is 3.45. The smallest absolute Gasteiger partial charge is 0.309 e. The molecule has 1 aliphatic carbocycles. The lowest BCUT2D eigenvalue weighted by atomic mass is 9.85. The van der Waals surface area contributed by atoms with E-state index in [-0.39, 0.29) is 29.4 Å². The molecule has 3 unspecified atom stereocenters. The van der Waals surface area contributed by atoms with Crippen LogP contribution in [-0.4, -0.2) is 54.8 Å². The Morgan fingerprint density at radius 2 is 1.91 bits per heavy atom. The van der Waals surface area contributed by atoms with Crippen molar-refractivity contribution in [1.82, 2.24) is 4.90 Å². The number of hydrogen-bond acceptors (Lipinski definition) is 5. The monoisotopic (exact) mass is 490 g/mol. The van der Waals surface area contributed by atoms with E-state index in [2.05, 4.69) is 11.9 Å². The molecule has 4 aliphatic rings. The van der Waals surface area contributed by atoms with Gasteiger partial charge in [0.1, 0.15) is 18.2 Å². The molecule has 0 radical (unpaired) electrons. The van der Waals surface area contributed by atoms with Gasteiger partial charge in [0.25, 0.3) is 0 Å². The topological polar surface area (TPSA) is 32.8 Å². The van der Waals surface area contributed by atoms with E-state index in [1.54, 1.807) is 0 Å². The number of aldehydes is 1. The predicted molar refractivity (Wildman–Crippen MR) is 129 cm³/mol. The largest absolute Gasteiger partial charge is 0.371 e. The van der Waals surface area contributed by atoms with Crippen LogP contribution in [0.25, 0.3) is 11.1 Å². The summed E-state index contributed by atoms with van der Waals surface area (Å²) >= 11 is 0.607. The lowest BCUT2D eigenvalue weighted by molar-refractivity contribution is -0.129. The number of fused-ring (bicyclic) bond motifs is 3. The minimum Gasteiger partial charge on any atom is -0.371 e. The van der Waals surface area contributed by atoms with Gasteiger partial charge in [-0.3, -0.25) is 0 Å². The zero-order chi connectivity index (χ0) is 24.1.